The number of Topliss-reactive ketones (excluding diaryl/α,β-unsaturated/α-hetero) is 1. The van der Waals surface area contributed by atoms with E-state index in [0.717, 1.165) is 73.4 Å². The molecule has 1 fully saturated rings. The number of H-pyrrole nitrogens is 1. The minimum Gasteiger partial charge on any atom is -0.483 e. The summed E-state index contributed by atoms with van der Waals surface area (Å²) in [6, 6.07) is 12.4. The molecule has 5 atom stereocenters. The van der Waals surface area contributed by atoms with Crippen molar-refractivity contribution >= 4 is 29.6 Å². The highest BCUT2D eigenvalue weighted by Crippen LogP contribution is 2.39. The molecule has 10 nitrogen and oxygen atoms in total. The zero-order valence-electron chi connectivity index (χ0n) is 29.9. The van der Waals surface area contributed by atoms with Crippen molar-refractivity contribution < 1.29 is 29.5 Å². The molecule has 50 heavy (non-hydrogen) atoms. The third kappa shape index (κ3) is 8.64. The number of aromatic amines is 1. The summed E-state index contributed by atoms with van der Waals surface area (Å²) in [5.74, 6) is -0.149. The van der Waals surface area contributed by atoms with Gasteiger partial charge in [-0.1, -0.05) is 52.0 Å². The fourth-order valence-electron chi connectivity index (χ4n) is 7.92. The molecule has 266 valence electrons. The van der Waals surface area contributed by atoms with Crippen LogP contribution >= 0.6 is 0 Å². The largest absolute Gasteiger partial charge is 0.483 e. The van der Waals surface area contributed by atoms with E-state index in [1.54, 1.807) is 13.1 Å². The van der Waals surface area contributed by atoms with Gasteiger partial charge in [-0.05, 0) is 77.8 Å². The van der Waals surface area contributed by atoms with Gasteiger partial charge in [0, 0.05) is 49.1 Å². The number of hydrogen-bond donors (Lipinski definition) is 4. The Morgan fingerprint density at radius 1 is 1.10 bits per heavy atom. The number of carbonyl (C=O) groups excluding carboxylic acids is 1. The number of carboxylic acids is 1. The summed E-state index contributed by atoms with van der Waals surface area (Å²) in [6.45, 7) is 13.1. The second kappa shape index (κ2) is 15.6. The van der Waals surface area contributed by atoms with E-state index >= 15 is 0 Å². The summed E-state index contributed by atoms with van der Waals surface area (Å²) in [6.07, 6.45) is 7.25. The minimum absolute atomic E-state index is 0.00832. The number of rotatable bonds is 9. The Bertz CT molecular complexity index is 1810. The third-order valence-electron chi connectivity index (χ3n) is 11.1. The maximum absolute atomic E-state index is 13.9. The molecule has 1 unspecified atom stereocenters. The van der Waals surface area contributed by atoms with Crippen LogP contribution in [0.1, 0.15) is 87.4 Å². The molecule has 10 heteroatoms. The van der Waals surface area contributed by atoms with Crippen LogP contribution in [-0.4, -0.2) is 63.8 Å². The number of nitrogens with one attached hydrogen (secondary N) is 2. The van der Waals surface area contributed by atoms with Crippen molar-refractivity contribution in [2.45, 2.75) is 85.5 Å². The predicted molar refractivity (Wildman–Crippen MR) is 193 cm³/mol. The van der Waals surface area contributed by atoms with Crippen molar-refractivity contribution in [3.05, 3.63) is 81.0 Å². The number of likely N-dealkylation sites (tertiary alicyclic amines) is 1. The first kappa shape index (κ1) is 36.8. The van der Waals surface area contributed by atoms with Gasteiger partial charge in [-0.25, -0.2) is 4.99 Å². The van der Waals surface area contributed by atoms with Crippen LogP contribution in [0, 0.1) is 30.1 Å². The highest BCUT2D eigenvalue weighted by atomic mass is 16.4. The number of carbonyl (C=O) groups is 3. The van der Waals surface area contributed by atoms with Gasteiger partial charge in [0.05, 0.1) is 42.6 Å². The fourth-order valence-corrected chi connectivity index (χ4v) is 7.92. The van der Waals surface area contributed by atoms with Gasteiger partial charge in [0.1, 0.15) is 0 Å². The Morgan fingerprint density at radius 2 is 1.82 bits per heavy atom. The van der Waals surface area contributed by atoms with Gasteiger partial charge in [-0.3, -0.25) is 24.2 Å². The topological polar surface area (TPSA) is 154 Å². The number of piperidine rings is 1. The first-order valence-electron chi connectivity index (χ1n) is 17.8. The van der Waals surface area contributed by atoms with Gasteiger partial charge in [0.15, 0.2) is 5.78 Å². The Hall–Kier alpha value is -4.44. The number of nitrogens with zero attached hydrogens (tertiary/aromatic N) is 2. The van der Waals surface area contributed by atoms with Crippen LogP contribution in [0.4, 0.5) is 5.69 Å². The molecule has 0 amide bonds. The summed E-state index contributed by atoms with van der Waals surface area (Å²) < 4.78 is 0. The molecule has 3 aliphatic rings. The van der Waals surface area contributed by atoms with E-state index in [1.165, 1.54) is 16.2 Å². The Morgan fingerprint density at radius 3 is 2.46 bits per heavy atom. The molecular weight excluding hydrogens is 632 g/mol. The average molecular weight is 684 g/mol. The fraction of sp³-hybridized carbons (Fsp3) is 0.500. The number of fused-ring (bicyclic) bond motifs is 2. The number of benzene rings is 1. The van der Waals surface area contributed by atoms with Crippen LogP contribution < -0.4 is 10.5 Å². The maximum atomic E-state index is 13.9. The van der Waals surface area contributed by atoms with E-state index in [2.05, 4.69) is 56.1 Å². The van der Waals surface area contributed by atoms with Crippen LogP contribution in [0.25, 0.3) is 11.1 Å². The molecule has 0 bridgehead atoms. The van der Waals surface area contributed by atoms with Crippen molar-refractivity contribution in [2.24, 2.45) is 28.2 Å². The van der Waals surface area contributed by atoms with Crippen molar-refractivity contribution in [1.82, 2.24) is 9.97 Å². The normalized spacial score (nSPS) is 21.9. The van der Waals surface area contributed by atoms with E-state index in [9.17, 15) is 19.5 Å². The van der Waals surface area contributed by atoms with Crippen molar-refractivity contribution in [3.63, 3.8) is 0 Å². The Kier molecular flexibility index (Phi) is 11.5. The lowest BCUT2D eigenvalue weighted by molar-refractivity contribution is -0.909. The van der Waals surface area contributed by atoms with Crippen molar-refractivity contribution in [2.75, 3.05) is 19.6 Å². The lowest BCUT2D eigenvalue weighted by Crippen LogP contribution is -3.14. The van der Waals surface area contributed by atoms with Crippen molar-refractivity contribution in [3.8, 4) is 11.1 Å². The standard InChI is InChI=1S/C39H48N4O4.CH2O2/c1-23-16-29(21-40-37(23)45)26-8-6-25(7-9-26)27(12-14-43-15-13-31(38(46)47)24(2)22-43)19-36(44)35-20-34-33(42-35)18-28-17-30(39(3,4)5)10-11-32(28)41-34;2-1-3/h6-9,16,18,21,24,27,30-31H,10-15,17,19-20,22H2,1-5H3,(H,40,45)(H,46,47);1H,(H,2,3)/p+1/t24-,27-,30-,31+;/m0./s1. The molecule has 2 aromatic heterocycles. The van der Waals surface area contributed by atoms with Gasteiger partial charge in [0.2, 0.25) is 0 Å². The predicted octanol–water partition coefficient (Wildman–Crippen LogP) is 4.98. The van der Waals surface area contributed by atoms with E-state index in [4.69, 9.17) is 19.9 Å². The smallest absolute Gasteiger partial charge is 0.307 e. The molecule has 6 rings (SSSR count). The third-order valence-corrected chi connectivity index (χ3v) is 11.1. The number of quaternary nitrogens is 1. The summed E-state index contributed by atoms with van der Waals surface area (Å²) >= 11 is 0. The minimum atomic E-state index is -0.694. The number of aliphatic imine (C=N–C) groups is 1. The average Bonchev–Trinajstić information content (AvgIpc) is 3.49. The maximum Gasteiger partial charge on any atom is 0.307 e. The van der Waals surface area contributed by atoms with Crippen molar-refractivity contribution in [1.29, 1.82) is 0 Å². The lowest BCUT2D eigenvalue weighted by Gasteiger charge is -2.34. The molecule has 4 N–H and O–H groups in total. The van der Waals surface area contributed by atoms with Crippen LogP contribution in [0.15, 0.2) is 52.4 Å². The second-order valence-electron chi connectivity index (χ2n) is 15.5. The number of carboxylic acid groups (broad SMARTS) is 2. The summed E-state index contributed by atoms with van der Waals surface area (Å²) in [5.41, 5.74) is 8.74. The molecular formula is C40H51N4O6+. The molecule has 1 saturated heterocycles. The number of aromatic nitrogens is 2. The summed E-state index contributed by atoms with van der Waals surface area (Å²) in [4.78, 5) is 59.9. The zero-order valence-corrected chi connectivity index (χ0v) is 29.9. The first-order chi connectivity index (χ1) is 23.8. The Labute approximate surface area is 294 Å². The summed E-state index contributed by atoms with van der Waals surface area (Å²) in [5, 5.41) is 16.5. The quantitative estimate of drug-likeness (QED) is 0.232. The van der Waals surface area contributed by atoms with Gasteiger partial charge in [0.25, 0.3) is 12.0 Å². The Balaban J connectivity index is 0.00000156. The van der Waals surface area contributed by atoms with Crippen LogP contribution in [-0.2, 0) is 33.6 Å². The lowest BCUT2D eigenvalue weighted by atomic mass is 9.71. The van der Waals surface area contributed by atoms with Crippen LogP contribution in [0.5, 0.6) is 0 Å². The van der Waals surface area contributed by atoms with E-state index in [-0.39, 0.29) is 41.0 Å². The summed E-state index contributed by atoms with van der Waals surface area (Å²) in [7, 11) is 0. The molecule has 1 aliphatic carbocycles. The molecule has 2 aliphatic heterocycles. The van der Waals surface area contributed by atoms with Gasteiger partial charge in [-0.15, -0.1) is 0 Å². The monoisotopic (exact) mass is 683 g/mol. The van der Waals surface area contributed by atoms with Gasteiger partial charge in [-0.2, -0.15) is 0 Å². The van der Waals surface area contributed by atoms with E-state index < -0.39 is 5.97 Å². The number of pyridine rings is 2. The molecule has 0 spiro atoms. The number of aliphatic carboxylic acids is 1. The van der Waals surface area contributed by atoms with E-state index in [1.807, 2.05) is 13.0 Å². The SMILES string of the molecule is Cc1cc(-c2ccc([C@@H](CC[NH+]3CC[C@@H](C(=O)O)[C@@H](C)C3)CC(=O)C3=Nc4cc5c(nc4C3)CC[C@H](C(C)(C)C)C5)cc2)c[nH]c1=O.O=CO. The zero-order chi connectivity index (χ0) is 36.2. The van der Waals surface area contributed by atoms with E-state index in [0.29, 0.717) is 36.5 Å². The molecule has 0 saturated carbocycles. The van der Waals surface area contributed by atoms with Crippen LogP contribution in [0.2, 0.25) is 0 Å². The number of aryl methyl sites for hydroxylation is 2. The first-order valence-corrected chi connectivity index (χ1v) is 17.8. The molecule has 1 aromatic carbocycles. The number of hydrogen-bond acceptors (Lipinski definition) is 6. The highest BCUT2D eigenvalue weighted by Gasteiger charge is 2.35. The molecule has 3 aromatic rings. The van der Waals surface area contributed by atoms with Crippen LogP contribution in [0.3, 0.4) is 0 Å². The van der Waals surface area contributed by atoms with Gasteiger partial charge >= 0.3 is 5.97 Å². The molecule has 4 heterocycles. The van der Waals surface area contributed by atoms with Gasteiger partial charge < -0.3 is 20.1 Å². The highest BCUT2D eigenvalue weighted by molar-refractivity contribution is 6.41. The molecule has 0 radical (unpaired) electrons. The second-order valence-corrected chi connectivity index (χ2v) is 15.5. The number of ketones is 1.